The van der Waals surface area contributed by atoms with Gasteiger partial charge in [0.25, 0.3) is 0 Å². The van der Waals surface area contributed by atoms with Gasteiger partial charge in [-0.2, -0.15) is 0 Å². The Labute approximate surface area is 142 Å². The van der Waals surface area contributed by atoms with Crippen LogP contribution in [0.1, 0.15) is 25.3 Å². The standard InChI is InChI=1S/C17H25ClN2O3/c1-13(21)11-16-12-23-10-9-20(16)17(22)19-8-2-3-14-4-6-15(18)7-5-14/h4-7,13,16,21H,2-3,8-12H2,1H3,(H,19,22)/t13-,16-/m0/s1. The summed E-state index contributed by atoms with van der Waals surface area (Å²) in [6.45, 7) is 3.97. The summed E-state index contributed by atoms with van der Waals surface area (Å²) in [5, 5.41) is 13.2. The molecular weight excluding hydrogens is 316 g/mol. The second-order valence-electron chi connectivity index (χ2n) is 5.97. The Morgan fingerprint density at radius 2 is 2.22 bits per heavy atom. The maximum atomic E-state index is 12.3. The molecule has 2 rings (SSSR count). The number of morpholine rings is 1. The largest absolute Gasteiger partial charge is 0.393 e. The molecule has 1 aliphatic rings. The second kappa shape index (κ2) is 9.11. The molecule has 2 atom stereocenters. The highest BCUT2D eigenvalue weighted by atomic mass is 35.5. The Kier molecular flexibility index (Phi) is 7.15. The van der Waals surface area contributed by atoms with E-state index in [2.05, 4.69) is 5.32 Å². The molecule has 1 aromatic rings. The first-order valence-electron chi connectivity index (χ1n) is 8.11. The number of carbonyl (C=O) groups excluding carboxylic acids is 1. The number of benzene rings is 1. The molecule has 1 saturated heterocycles. The number of nitrogens with zero attached hydrogens (tertiary/aromatic N) is 1. The van der Waals surface area contributed by atoms with Crippen molar-refractivity contribution in [1.82, 2.24) is 10.2 Å². The smallest absolute Gasteiger partial charge is 0.317 e. The van der Waals surface area contributed by atoms with Gasteiger partial charge in [0, 0.05) is 18.1 Å². The van der Waals surface area contributed by atoms with E-state index >= 15 is 0 Å². The monoisotopic (exact) mass is 340 g/mol. The fraction of sp³-hybridized carbons (Fsp3) is 0.588. The Morgan fingerprint density at radius 3 is 2.91 bits per heavy atom. The summed E-state index contributed by atoms with van der Waals surface area (Å²) < 4.78 is 5.41. The third-order valence-electron chi connectivity index (χ3n) is 3.93. The predicted molar refractivity (Wildman–Crippen MR) is 90.8 cm³/mol. The van der Waals surface area contributed by atoms with Gasteiger partial charge in [-0.05, 0) is 43.9 Å². The molecule has 1 aromatic carbocycles. The van der Waals surface area contributed by atoms with Crippen LogP contribution in [0.4, 0.5) is 4.79 Å². The van der Waals surface area contributed by atoms with E-state index in [4.69, 9.17) is 16.3 Å². The van der Waals surface area contributed by atoms with Crippen LogP contribution in [0, 0.1) is 0 Å². The highest BCUT2D eigenvalue weighted by molar-refractivity contribution is 6.30. The fourth-order valence-corrected chi connectivity index (χ4v) is 2.88. The highest BCUT2D eigenvalue weighted by Crippen LogP contribution is 2.13. The van der Waals surface area contributed by atoms with Gasteiger partial charge in [-0.15, -0.1) is 0 Å². The molecule has 0 aliphatic carbocycles. The zero-order valence-electron chi connectivity index (χ0n) is 13.5. The van der Waals surface area contributed by atoms with Crippen LogP contribution in [0.2, 0.25) is 5.02 Å². The summed E-state index contributed by atoms with van der Waals surface area (Å²) in [5.74, 6) is 0. The maximum Gasteiger partial charge on any atom is 0.317 e. The molecule has 0 unspecified atom stereocenters. The summed E-state index contributed by atoms with van der Waals surface area (Å²) in [6, 6.07) is 7.64. The number of aryl methyl sites for hydroxylation is 1. The molecule has 2 N–H and O–H groups in total. The number of nitrogens with one attached hydrogen (secondary N) is 1. The van der Waals surface area contributed by atoms with Crippen molar-refractivity contribution in [3.63, 3.8) is 0 Å². The highest BCUT2D eigenvalue weighted by Gasteiger charge is 2.27. The van der Waals surface area contributed by atoms with Crippen molar-refractivity contribution in [3.05, 3.63) is 34.9 Å². The molecule has 6 heteroatoms. The molecule has 5 nitrogen and oxygen atoms in total. The van der Waals surface area contributed by atoms with Crippen LogP contribution in [0.15, 0.2) is 24.3 Å². The number of halogens is 1. The van der Waals surface area contributed by atoms with E-state index in [0.717, 1.165) is 17.9 Å². The molecule has 1 heterocycles. The summed E-state index contributed by atoms with van der Waals surface area (Å²) in [7, 11) is 0. The molecular formula is C17H25ClN2O3. The van der Waals surface area contributed by atoms with Gasteiger partial charge in [0.05, 0.1) is 25.4 Å². The van der Waals surface area contributed by atoms with Crippen LogP contribution in [0.5, 0.6) is 0 Å². The average Bonchev–Trinajstić information content (AvgIpc) is 2.53. The minimum atomic E-state index is -0.443. The lowest BCUT2D eigenvalue weighted by Gasteiger charge is -2.36. The van der Waals surface area contributed by atoms with Crippen LogP contribution < -0.4 is 5.32 Å². The number of hydrogen-bond donors (Lipinski definition) is 2. The molecule has 0 spiro atoms. The van der Waals surface area contributed by atoms with Crippen molar-refractivity contribution in [2.75, 3.05) is 26.3 Å². The lowest BCUT2D eigenvalue weighted by Crippen LogP contribution is -2.53. The molecule has 0 bridgehead atoms. The zero-order chi connectivity index (χ0) is 16.7. The fourth-order valence-electron chi connectivity index (χ4n) is 2.75. The van der Waals surface area contributed by atoms with Crippen LogP contribution in [0.3, 0.4) is 0 Å². The van der Waals surface area contributed by atoms with Crippen molar-refractivity contribution in [2.45, 2.75) is 38.3 Å². The number of urea groups is 1. The van der Waals surface area contributed by atoms with Crippen molar-refractivity contribution in [1.29, 1.82) is 0 Å². The summed E-state index contributed by atoms with van der Waals surface area (Å²) in [4.78, 5) is 14.1. The van der Waals surface area contributed by atoms with E-state index in [1.165, 1.54) is 5.56 Å². The molecule has 2 amide bonds. The van der Waals surface area contributed by atoms with Crippen LogP contribution in [-0.2, 0) is 11.2 Å². The minimum Gasteiger partial charge on any atom is -0.393 e. The van der Waals surface area contributed by atoms with E-state index in [1.807, 2.05) is 24.3 Å². The van der Waals surface area contributed by atoms with Gasteiger partial charge in [-0.3, -0.25) is 0 Å². The van der Waals surface area contributed by atoms with E-state index in [0.29, 0.717) is 32.7 Å². The maximum absolute atomic E-state index is 12.3. The molecule has 1 aliphatic heterocycles. The van der Waals surface area contributed by atoms with Gasteiger partial charge >= 0.3 is 6.03 Å². The number of ether oxygens (including phenoxy) is 1. The van der Waals surface area contributed by atoms with Gasteiger partial charge in [0.15, 0.2) is 0 Å². The quantitative estimate of drug-likeness (QED) is 0.782. The summed E-state index contributed by atoms with van der Waals surface area (Å²) in [5.41, 5.74) is 1.21. The summed E-state index contributed by atoms with van der Waals surface area (Å²) in [6.07, 6.45) is 1.87. The van der Waals surface area contributed by atoms with Crippen molar-refractivity contribution in [2.24, 2.45) is 0 Å². The number of carbonyl (C=O) groups is 1. The Morgan fingerprint density at radius 1 is 1.48 bits per heavy atom. The lowest BCUT2D eigenvalue weighted by molar-refractivity contribution is -0.00428. The van der Waals surface area contributed by atoms with Crippen molar-refractivity contribution < 1.29 is 14.6 Å². The van der Waals surface area contributed by atoms with Gasteiger partial charge in [0.1, 0.15) is 0 Å². The van der Waals surface area contributed by atoms with Gasteiger partial charge in [-0.1, -0.05) is 23.7 Å². The molecule has 128 valence electrons. The SMILES string of the molecule is C[C@H](O)C[C@H]1COCCN1C(=O)NCCCc1ccc(Cl)cc1. The Bertz CT molecular complexity index is 493. The third-order valence-corrected chi connectivity index (χ3v) is 4.19. The average molecular weight is 341 g/mol. The topological polar surface area (TPSA) is 61.8 Å². The van der Waals surface area contributed by atoms with Gasteiger partial charge in [0.2, 0.25) is 0 Å². The molecule has 0 radical (unpaired) electrons. The predicted octanol–water partition coefficient (Wildman–Crippen LogP) is 2.45. The lowest BCUT2D eigenvalue weighted by atomic mass is 10.1. The van der Waals surface area contributed by atoms with Crippen molar-refractivity contribution >= 4 is 17.6 Å². The molecule has 0 aromatic heterocycles. The molecule has 0 saturated carbocycles. The van der Waals surface area contributed by atoms with E-state index < -0.39 is 6.10 Å². The first-order chi connectivity index (χ1) is 11.1. The molecule has 23 heavy (non-hydrogen) atoms. The van der Waals surface area contributed by atoms with E-state index in [9.17, 15) is 9.90 Å². The van der Waals surface area contributed by atoms with Crippen LogP contribution in [-0.4, -0.2) is 54.5 Å². The number of amides is 2. The van der Waals surface area contributed by atoms with E-state index in [1.54, 1.807) is 11.8 Å². The normalized spacial score (nSPS) is 19.4. The minimum absolute atomic E-state index is 0.0555. The summed E-state index contributed by atoms with van der Waals surface area (Å²) >= 11 is 5.86. The number of rotatable bonds is 6. The Hall–Kier alpha value is -1.30. The zero-order valence-corrected chi connectivity index (χ0v) is 14.3. The first kappa shape index (κ1) is 18.0. The van der Waals surface area contributed by atoms with Crippen LogP contribution in [0.25, 0.3) is 0 Å². The number of hydrogen-bond acceptors (Lipinski definition) is 3. The van der Waals surface area contributed by atoms with E-state index in [-0.39, 0.29) is 12.1 Å². The van der Waals surface area contributed by atoms with Crippen LogP contribution >= 0.6 is 11.6 Å². The molecule has 1 fully saturated rings. The third kappa shape index (κ3) is 6.01. The first-order valence-corrected chi connectivity index (χ1v) is 8.49. The number of aliphatic hydroxyl groups is 1. The Balaban J connectivity index is 1.73. The second-order valence-corrected chi connectivity index (χ2v) is 6.41. The van der Waals surface area contributed by atoms with Gasteiger partial charge < -0.3 is 20.1 Å². The van der Waals surface area contributed by atoms with Gasteiger partial charge in [-0.25, -0.2) is 4.79 Å². The van der Waals surface area contributed by atoms with Crippen molar-refractivity contribution in [3.8, 4) is 0 Å². The number of aliphatic hydroxyl groups excluding tert-OH is 1.